The summed E-state index contributed by atoms with van der Waals surface area (Å²) in [5.74, 6) is 0.610. The summed E-state index contributed by atoms with van der Waals surface area (Å²) in [7, 11) is -3.70. The van der Waals surface area contributed by atoms with Crippen molar-refractivity contribution in [1.82, 2.24) is 4.72 Å². The van der Waals surface area contributed by atoms with Gasteiger partial charge in [-0.3, -0.25) is 0 Å². The smallest absolute Gasteiger partial charge is 0.242 e. The van der Waals surface area contributed by atoms with Gasteiger partial charge in [0.1, 0.15) is 4.90 Å². The van der Waals surface area contributed by atoms with Crippen LogP contribution in [0.5, 0.6) is 0 Å². The molecule has 0 aliphatic carbocycles. The van der Waals surface area contributed by atoms with Gasteiger partial charge in [-0.1, -0.05) is 49.9 Å². The number of nitrogen functional groups attached to an aromatic ring is 1. The van der Waals surface area contributed by atoms with Crippen molar-refractivity contribution in [3.05, 3.63) is 22.2 Å². The second-order valence-electron chi connectivity index (χ2n) is 5.62. The van der Waals surface area contributed by atoms with E-state index in [0.29, 0.717) is 5.92 Å². The molecule has 1 aromatic rings. The van der Waals surface area contributed by atoms with Crippen LogP contribution in [0.1, 0.15) is 40.0 Å². The number of sulfonamides is 1. The van der Waals surface area contributed by atoms with E-state index < -0.39 is 10.0 Å². The third-order valence-corrected chi connectivity index (χ3v) is 5.64. The monoisotopic (exact) mass is 352 g/mol. The second-order valence-corrected chi connectivity index (χ2v) is 8.09. The fourth-order valence-electron chi connectivity index (χ4n) is 1.98. The summed E-state index contributed by atoms with van der Waals surface area (Å²) in [4.78, 5) is -0.0400. The summed E-state index contributed by atoms with van der Waals surface area (Å²) in [6.45, 7) is 6.13. The summed E-state index contributed by atoms with van der Waals surface area (Å²) >= 11 is 11.8. The Morgan fingerprint density at radius 1 is 1.19 bits per heavy atom. The van der Waals surface area contributed by atoms with Gasteiger partial charge < -0.3 is 5.73 Å². The topological polar surface area (TPSA) is 72.2 Å². The van der Waals surface area contributed by atoms with E-state index in [2.05, 4.69) is 18.6 Å². The lowest BCUT2D eigenvalue weighted by Gasteiger charge is -2.16. The maximum Gasteiger partial charge on any atom is 0.242 e. The summed E-state index contributed by atoms with van der Waals surface area (Å²) in [5.41, 5.74) is 5.75. The first-order chi connectivity index (χ1) is 9.65. The van der Waals surface area contributed by atoms with E-state index in [-0.39, 0.29) is 26.7 Å². The summed E-state index contributed by atoms with van der Waals surface area (Å²) in [5, 5.41) is 0.202. The van der Waals surface area contributed by atoms with Crippen LogP contribution in [-0.4, -0.2) is 14.5 Å². The predicted octanol–water partition coefficient (Wildman–Crippen LogP) is 4.07. The third-order valence-electron chi connectivity index (χ3n) is 3.16. The molecule has 0 saturated carbocycles. The lowest BCUT2D eigenvalue weighted by molar-refractivity contribution is 0.488. The van der Waals surface area contributed by atoms with E-state index in [4.69, 9.17) is 28.9 Å². The number of halogens is 2. The highest BCUT2D eigenvalue weighted by Gasteiger charge is 2.22. The Morgan fingerprint density at radius 3 is 2.38 bits per heavy atom. The molecule has 7 heteroatoms. The van der Waals surface area contributed by atoms with Crippen LogP contribution in [-0.2, 0) is 10.0 Å². The first kappa shape index (κ1) is 18.6. The SMILES string of the molecule is CC(C)CCCC(C)NS(=O)(=O)c1ccc(Cl)c(N)c1Cl. The predicted molar refractivity (Wildman–Crippen MR) is 89.3 cm³/mol. The lowest BCUT2D eigenvalue weighted by atomic mass is 10.0. The molecular weight excluding hydrogens is 331 g/mol. The van der Waals surface area contributed by atoms with Crippen LogP contribution in [0.25, 0.3) is 0 Å². The summed E-state index contributed by atoms with van der Waals surface area (Å²) < 4.78 is 27.3. The van der Waals surface area contributed by atoms with Gasteiger partial charge in [-0.15, -0.1) is 0 Å². The molecule has 0 aliphatic heterocycles. The van der Waals surface area contributed by atoms with Crippen LogP contribution < -0.4 is 10.5 Å². The molecule has 0 aliphatic rings. The van der Waals surface area contributed by atoms with E-state index in [1.165, 1.54) is 12.1 Å². The van der Waals surface area contributed by atoms with Crippen LogP contribution in [0.15, 0.2) is 17.0 Å². The Bertz CT molecular complexity index is 589. The quantitative estimate of drug-likeness (QED) is 0.726. The van der Waals surface area contributed by atoms with Gasteiger partial charge in [0.15, 0.2) is 0 Å². The largest absolute Gasteiger partial charge is 0.396 e. The molecular formula is C14H22Cl2N2O2S. The first-order valence-electron chi connectivity index (χ1n) is 6.91. The van der Waals surface area contributed by atoms with Crippen LogP contribution in [0.4, 0.5) is 5.69 Å². The first-order valence-corrected chi connectivity index (χ1v) is 9.15. The zero-order valence-electron chi connectivity index (χ0n) is 12.5. The number of benzene rings is 1. The van der Waals surface area contributed by atoms with Gasteiger partial charge in [0.05, 0.1) is 15.7 Å². The molecule has 0 spiro atoms. The average molecular weight is 353 g/mol. The highest BCUT2D eigenvalue weighted by molar-refractivity contribution is 7.89. The molecule has 0 radical (unpaired) electrons. The maximum atomic E-state index is 12.3. The fraction of sp³-hybridized carbons (Fsp3) is 0.571. The Morgan fingerprint density at radius 2 is 1.81 bits per heavy atom. The molecule has 3 N–H and O–H groups in total. The highest BCUT2D eigenvalue weighted by atomic mass is 35.5. The number of hydrogen-bond acceptors (Lipinski definition) is 3. The van der Waals surface area contributed by atoms with Crippen molar-refractivity contribution in [2.24, 2.45) is 5.92 Å². The zero-order chi connectivity index (χ0) is 16.2. The molecule has 120 valence electrons. The van der Waals surface area contributed by atoms with Gasteiger partial charge in [-0.05, 0) is 31.4 Å². The molecule has 0 aromatic heterocycles. The standard InChI is InChI=1S/C14H22Cl2N2O2S/c1-9(2)5-4-6-10(3)18-21(19,20)12-8-7-11(15)14(17)13(12)16/h7-10,18H,4-6,17H2,1-3H3. The Labute approximate surface area is 137 Å². The van der Waals surface area contributed by atoms with Crippen molar-refractivity contribution in [3.8, 4) is 0 Å². The van der Waals surface area contributed by atoms with E-state index in [1.807, 2.05) is 6.92 Å². The van der Waals surface area contributed by atoms with Gasteiger partial charge in [-0.25, -0.2) is 13.1 Å². The zero-order valence-corrected chi connectivity index (χ0v) is 14.8. The molecule has 1 atom stereocenters. The van der Waals surface area contributed by atoms with Crippen molar-refractivity contribution < 1.29 is 8.42 Å². The molecule has 0 heterocycles. The van der Waals surface area contributed by atoms with E-state index >= 15 is 0 Å². The summed E-state index contributed by atoms with van der Waals surface area (Å²) in [6, 6.07) is 2.63. The Balaban J connectivity index is 2.80. The van der Waals surface area contributed by atoms with E-state index in [9.17, 15) is 8.42 Å². The third kappa shape index (κ3) is 5.33. The molecule has 0 bridgehead atoms. The van der Waals surface area contributed by atoms with Crippen molar-refractivity contribution in [2.45, 2.75) is 51.0 Å². The molecule has 0 amide bonds. The van der Waals surface area contributed by atoms with Crippen LogP contribution in [0.3, 0.4) is 0 Å². The van der Waals surface area contributed by atoms with Crippen LogP contribution in [0, 0.1) is 5.92 Å². The molecule has 1 rings (SSSR count). The molecule has 1 unspecified atom stereocenters. The molecule has 4 nitrogen and oxygen atoms in total. The van der Waals surface area contributed by atoms with E-state index in [1.54, 1.807) is 0 Å². The van der Waals surface area contributed by atoms with Crippen molar-refractivity contribution in [2.75, 3.05) is 5.73 Å². The number of rotatable bonds is 7. The normalized spacial score (nSPS) is 13.6. The minimum absolute atomic E-state index is 0.0376. The molecule has 0 fully saturated rings. The van der Waals surface area contributed by atoms with Crippen LogP contribution in [0.2, 0.25) is 10.0 Å². The minimum Gasteiger partial charge on any atom is -0.396 e. The lowest BCUT2D eigenvalue weighted by Crippen LogP contribution is -2.32. The molecule has 21 heavy (non-hydrogen) atoms. The van der Waals surface area contributed by atoms with E-state index in [0.717, 1.165) is 19.3 Å². The average Bonchev–Trinajstić information content (AvgIpc) is 2.34. The number of hydrogen-bond donors (Lipinski definition) is 2. The molecule has 0 saturated heterocycles. The number of nitrogens with one attached hydrogen (secondary N) is 1. The maximum absolute atomic E-state index is 12.3. The fourth-order valence-corrected chi connectivity index (χ4v) is 4.02. The van der Waals surface area contributed by atoms with Crippen molar-refractivity contribution in [1.29, 1.82) is 0 Å². The van der Waals surface area contributed by atoms with Gasteiger partial charge in [-0.2, -0.15) is 0 Å². The second kappa shape index (κ2) is 7.68. The Kier molecular flexibility index (Phi) is 6.78. The van der Waals surface area contributed by atoms with Gasteiger partial charge in [0.2, 0.25) is 10.0 Å². The highest BCUT2D eigenvalue weighted by Crippen LogP contribution is 2.33. The number of nitrogens with two attached hydrogens (primary N) is 1. The molecule has 1 aromatic carbocycles. The van der Waals surface area contributed by atoms with Crippen LogP contribution >= 0.6 is 23.2 Å². The van der Waals surface area contributed by atoms with Crippen molar-refractivity contribution >= 4 is 38.9 Å². The summed E-state index contributed by atoms with van der Waals surface area (Å²) in [6.07, 6.45) is 2.82. The number of anilines is 1. The minimum atomic E-state index is -3.70. The Hall–Kier alpha value is -0.490. The van der Waals surface area contributed by atoms with Gasteiger partial charge >= 0.3 is 0 Å². The van der Waals surface area contributed by atoms with Gasteiger partial charge in [0.25, 0.3) is 0 Å². The van der Waals surface area contributed by atoms with Crippen molar-refractivity contribution in [3.63, 3.8) is 0 Å². The van der Waals surface area contributed by atoms with Gasteiger partial charge in [0, 0.05) is 6.04 Å².